The van der Waals surface area contributed by atoms with E-state index in [2.05, 4.69) is 16.8 Å². The van der Waals surface area contributed by atoms with Crippen molar-refractivity contribution in [3.63, 3.8) is 0 Å². The van der Waals surface area contributed by atoms with E-state index in [1.54, 1.807) is 12.4 Å². The number of benzene rings is 1. The Balaban J connectivity index is 1.91. The molecule has 1 heterocycles. The largest absolute Gasteiger partial charge is 0.294 e. The van der Waals surface area contributed by atoms with Crippen LogP contribution in [0, 0.1) is 11.8 Å². The van der Waals surface area contributed by atoms with Crippen molar-refractivity contribution in [2.75, 3.05) is 0 Å². The average Bonchev–Trinajstić information content (AvgIpc) is 2.46. The number of carbonyl (C=O) groups excluding carboxylic acids is 1. The van der Waals surface area contributed by atoms with Crippen LogP contribution in [0.2, 0.25) is 0 Å². The van der Waals surface area contributed by atoms with Gasteiger partial charge in [-0.3, -0.25) is 9.78 Å². The maximum atomic E-state index is 11.7. The molecule has 19 heavy (non-hydrogen) atoms. The van der Waals surface area contributed by atoms with Crippen LogP contribution in [0.5, 0.6) is 0 Å². The molecule has 0 unspecified atom stereocenters. The molecule has 1 aromatic heterocycles. The zero-order valence-electron chi connectivity index (χ0n) is 10.5. The van der Waals surface area contributed by atoms with Crippen molar-refractivity contribution in [1.29, 1.82) is 0 Å². The van der Waals surface area contributed by atoms with Crippen molar-refractivity contribution < 1.29 is 4.79 Å². The quantitative estimate of drug-likeness (QED) is 0.670. The van der Waals surface area contributed by atoms with Crippen LogP contribution in [0.25, 0.3) is 0 Å². The van der Waals surface area contributed by atoms with Gasteiger partial charge < -0.3 is 0 Å². The van der Waals surface area contributed by atoms with E-state index in [1.807, 2.05) is 30.3 Å². The topological polar surface area (TPSA) is 30.0 Å². The Morgan fingerprint density at radius 3 is 2.58 bits per heavy atom. The molecule has 2 nitrogen and oxygen atoms in total. The molecule has 1 aromatic carbocycles. The number of hydrogen-bond donors (Lipinski definition) is 0. The van der Waals surface area contributed by atoms with Crippen LogP contribution in [0.1, 0.15) is 39.9 Å². The van der Waals surface area contributed by atoms with Gasteiger partial charge in [0.15, 0.2) is 5.78 Å². The van der Waals surface area contributed by atoms with Crippen molar-refractivity contribution in [3.05, 3.63) is 65.0 Å². The van der Waals surface area contributed by atoms with Crippen LogP contribution in [0.3, 0.4) is 0 Å². The SMILES string of the molecule is O=C1CCCc2cc(C#Cc3ccncc3)ccc21. The Hall–Kier alpha value is -2.40. The lowest BCUT2D eigenvalue weighted by molar-refractivity contribution is 0.0972. The van der Waals surface area contributed by atoms with Crippen molar-refractivity contribution >= 4 is 5.78 Å². The van der Waals surface area contributed by atoms with Gasteiger partial charge in [0.2, 0.25) is 0 Å². The minimum atomic E-state index is 0.259. The van der Waals surface area contributed by atoms with Crippen LogP contribution >= 0.6 is 0 Å². The minimum absolute atomic E-state index is 0.259. The highest BCUT2D eigenvalue weighted by molar-refractivity contribution is 5.98. The molecule has 1 aliphatic rings. The molecule has 2 heteroatoms. The summed E-state index contributed by atoms with van der Waals surface area (Å²) in [5.41, 5.74) is 3.92. The van der Waals surface area contributed by atoms with Gasteiger partial charge in [-0.1, -0.05) is 11.8 Å². The fourth-order valence-corrected chi connectivity index (χ4v) is 2.30. The van der Waals surface area contributed by atoms with Gasteiger partial charge >= 0.3 is 0 Å². The summed E-state index contributed by atoms with van der Waals surface area (Å²) in [5.74, 6) is 6.50. The van der Waals surface area contributed by atoms with Crippen LogP contribution < -0.4 is 0 Å². The monoisotopic (exact) mass is 247 g/mol. The summed E-state index contributed by atoms with van der Waals surface area (Å²) in [7, 11) is 0. The normalized spacial score (nSPS) is 13.4. The fourth-order valence-electron chi connectivity index (χ4n) is 2.30. The van der Waals surface area contributed by atoms with E-state index in [0.717, 1.165) is 35.1 Å². The minimum Gasteiger partial charge on any atom is -0.294 e. The summed E-state index contributed by atoms with van der Waals surface area (Å²) in [5, 5.41) is 0. The Kier molecular flexibility index (Phi) is 3.12. The maximum Gasteiger partial charge on any atom is 0.163 e. The number of pyridine rings is 1. The number of carbonyl (C=O) groups is 1. The fraction of sp³-hybridized carbons (Fsp3) is 0.176. The van der Waals surface area contributed by atoms with Gasteiger partial charge in [-0.15, -0.1) is 0 Å². The highest BCUT2D eigenvalue weighted by Crippen LogP contribution is 2.22. The third-order valence-electron chi connectivity index (χ3n) is 3.29. The summed E-state index contributed by atoms with van der Waals surface area (Å²) >= 11 is 0. The summed E-state index contributed by atoms with van der Waals surface area (Å²) in [4.78, 5) is 15.7. The molecular weight excluding hydrogens is 234 g/mol. The first-order valence-corrected chi connectivity index (χ1v) is 6.41. The molecule has 0 spiro atoms. The van der Waals surface area contributed by atoms with Gasteiger partial charge in [-0.05, 0) is 48.7 Å². The number of hydrogen-bond acceptors (Lipinski definition) is 2. The first-order valence-electron chi connectivity index (χ1n) is 6.41. The Morgan fingerprint density at radius 2 is 1.74 bits per heavy atom. The molecule has 0 saturated carbocycles. The number of Topliss-reactive ketones (excluding diaryl/α,β-unsaturated/α-hetero) is 1. The lowest BCUT2D eigenvalue weighted by atomic mass is 9.89. The van der Waals surface area contributed by atoms with E-state index in [0.29, 0.717) is 6.42 Å². The second kappa shape index (κ2) is 5.07. The molecule has 0 N–H and O–H groups in total. The summed E-state index contributed by atoms with van der Waals surface area (Å²) in [6, 6.07) is 9.65. The molecule has 0 aliphatic heterocycles. The Labute approximate surface area is 112 Å². The predicted octanol–water partition coefficient (Wildman–Crippen LogP) is 3.00. The molecule has 0 fully saturated rings. The molecule has 0 saturated heterocycles. The third-order valence-corrected chi connectivity index (χ3v) is 3.29. The molecule has 0 radical (unpaired) electrons. The number of aromatic nitrogens is 1. The second-order valence-corrected chi connectivity index (χ2v) is 4.63. The van der Waals surface area contributed by atoms with Crippen molar-refractivity contribution in [2.24, 2.45) is 0 Å². The number of fused-ring (bicyclic) bond motifs is 1. The van der Waals surface area contributed by atoms with Gasteiger partial charge in [0.25, 0.3) is 0 Å². The molecule has 0 amide bonds. The maximum absolute atomic E-state index is 11.7. The van der Waals surface area contributed by atoms with Crippen molar-refractivity contribution in [2.45, 2.75) is 19.3 Å². The molecule has 0 bridgehead atoms. The average molecular weight is 247 g/mol. The zero-order chi connectivity index (χ0) is 13.1. The smallest absolute Gasteiger partial charge is 0.163 e. The van der Waals surface area contributed by atoms with Crippen LogP contribution in [0.4, 0.5) is 0 Å². The van der Waals surface area contributed by atoms with E-state index in [4.69, 9.17) is 0 Å². The predicted molar refractivity (Wildman–Crippen MR) is 73.9 cm³/mol. The van der Waals surface area contributed by atoms with Crippen LogP contribution in [-0.2, 0) is 6.42 Å². The van der Waals surface area contributed by atoms with Gasteiger partial charge in [-0.25, -0.2) is 0 Å². The van der Waals surface area contributed by atoms with Gasteiger partial charge in [0.1, 0.15) is 0 Å². The number of ketones is 1. The standard InChI is InChI=1S/C17H13NO/c19-17-3-1-2-15-12-14(6-7-16(15)17)5-4-13-8-10-18-11-9-13/h6-12H,1-3H2. The molecule has 3 rings (SSSR count). The molecule has 1 aliphatic carbocycles. The zero-order valence-corrected chi connectivity index (χ0v) is 10.5. The van der Waals surface area contributed by atoms with E-state index < -0.39 is 0 Å². The Bertz CT molecular complexity index is 677. The molecule has 2 aromatic rings. The van der Waals surface area contributed by atoms with Crippen LogP contribution in [-0.4, -0.2) is 10.8 Å². The summed E-state index contributed by atoms with van der Waals surface area (Å²) < 4.78 is 0. The highest BCUT2D eigenvalue weighted by atomic mass is 16.1. The number of rotatable bonds is 0. The Morgan fingerprint density at radius 1 is 0.947 bits per heavy atom. The van der Waals surface area contributed by atoms with E-state index in [-0.39, 0.29) is 5.78 Å². The second-order valence-electron chi connectivity index (χ2n) is 4.63. The van der Waals surface area contributed by atoms with Gasteiger partial charge in [0, 0.05) is 35.5 Å². The number of aryl methyl sites for hydroxylation is 1. The van der Waals surface area contributed by atoms with E-state index in [9.17, 15) is 4.79 Å². The van der Waals surface area contributed by atoms with Gasteiger partial charge in [-0.2, -0.15) is 0 Å². The summed E-state index contributed by atoms with van der Waals surface area (Å²) in [6.45, 7) is 0. The van der Waals surface area contributed by atoms with Crippen molar-refractivity contribution in [1.82, 2.24) is 4.98 Å². The first kappa shape index (κ1) is 11.7. The third kappa shape index (κ3) is 2.56. The van der Waals surface area contributed by atoms with Crippen LogP contribution in [0.15, 0.2) is 42.7 Å². The van der Waals surface area contributed by atoms with Gasteiger partial charge in [0.05, 0.1) is 0 Å². The number of nitrogens with zero attached hydrogens (tertiary/aromatic N) is 1. The van der Waals surface area contributed by atoms with E-state index >= 15 is 0 Å². The highest BCUT2D eigenvalue weighted by Gasteiger charge is 2.16. The summed E-state index contributed by atoms with van der Waals surface area (Å²) in [6.07, 6.45) is 6.07. The first-order chi connectivity index (χ1) is 9.33. The van der Waals surface area contributed by atoms with Crippen molar-refractivity contribution in [3.8, 4) is 11.8 Å². The lowest BCUT2D eigenvalue weighted by Gasteiger charge is -2.14. The lowest BCUT2D eigenvalue weighted by Crippen LogP contribution is -2.10. The van der Waals surface area contributed by atoms with E-state index in [1.165, 1.54) is 0 Å². The molecular formula is C17H13NO. The molecule has 92 valence electrons. The molecule has 0 atom stereocenters.